The van der Waals surface area contributed by atoms with E-state index in [1.165, 1.54) is 6.20 Å². The zero-order chi connectivity index (χ0) is 13.7. The van der Waals surface area contributed by atoms with Crippen LogP contribution in [0.5, 0.6) is 0 Å². The molecule has 19 heavy (non-hydrogen) atoms. The zero-order valence-corrected chi connectivity index (χ0v) is 11.2. The van der Waals surface area contributed by atoms with Crippen LogP contribution >= 0.6 is 11.6 Å². The number of carbonyl (C=O) groups excluding carboxylic acids is 1. The molecule has 0 bridgehead atoms. The summed E-state index contributed by atoms with van der Waals surface area (Å²) in [5.41, 5.74) is 0.439. The van der Waals surface area contributed by atoms with E-state index in [4.69, 9.17) is 11.6 Å². The lowest BCUT2D eigenvalue weighted by atomic mass is 10.2. The van der Waals surface area contributed by atoms with Crippen LogP contribution in [0.4, 0.5) is 5.82 Å². The van der Waals surface area contributed by atoms with Gasteiger partial charge < -0.3 is 15.2 Å². The lowest BCUT2D eigenvalue weighted by Crippen LogP contribution is -2.27. The molecule has 0 aliphatic carbocycles. The Labute approximate surface area is 115 Å². The van der Waals surface area contributed by atoms with Gasteiger partial charge in [0, 0.05) is 38.7 Å². The van der Waals surface area contributed by atoms with Crippen LogP contribution in [-0.4, -0.2) is 34.0 Å². The Morgan fingerprint density at radius 1 is 1.53 bits per heavy atom. The molecule has 0 aliphatic rings. The van der Waals surface area contributed by atoms with Crippen LogP contribution in [0.3, 0.4) is 0 Å². The monoisotopic (exact) mass is 279 g/mol. The van der Waals surface area contributed by atoms with E-state index in [0.717, 1.165) is 0 Å². The summed E-state index contributed by atoms with van der Waals surface area (Å²) in [5.74, 6) is 0.355. The average molecular weight is 280 g/mol. The van der Waals surface area contributed by atoms with Gasteiger partial charge in [-0.2, -0.15) is 0 Å². The Morgan fingerprint density at radius 2 is 2.37 bits per heavy atom. The third-order valence-corrected chi connectivity index (χ3v) is 2.84. The van der Waals surface area contributed by atoms with Gasteiger partial charge in [-0.05, 0) is 6.07 Å². The molecular weight excluding hydrogens is 266 g/mol. The summed E-state index contributed by atoms with van der Waals surface area (Å²) in [6.07, 6.45) is 6.73. The van der Waals surface area contributed by atoms with Gasteiger partial charge in [-0.15, -0.1) is 0 Å². The molecule has 0 unspecified atom stereocenters. The quantitative estimate of drug-likeness (QED) is 0.868. The smallest absolute Gasteiger partial charge is 0.252 e. The zero-order valence-electron chi connectivity index (χ0n) is 10.4. The highest BCUT2D eigenvalue weighted by Crippen LogP contribution is 2.19. The summed E-state index contributed by atoms with van der Waals surface area (Å²) >= 11 is 5.97. The largest absolute Gasteiger partial charge is 0.372 e. The van der Waals surface area contributed by atoms with Crippen molar-refractivity contribution in [3.8, 4) is 0 Å². The number of aromatic nitrogens is 3. The number of nitrogens with zero attached hydrogens (tertiary/aromatic N) is 3. The highest BCUT2D eigenvalue weighted by Gasteiger charge is 2.08. The number of amides is 1. The van der Waals surface area contributed by atoms with Crippen molar-refractivity contribution in [1.82, 2.24) is 19.9 Å². The summed E-state index contributed by atoms with van der Waals surface area (Å²) in [6, 6.07) is 1.59. The predicted octanol–water partition coefficient (Wildman–Crippen LogP) is 1.40. The van der Waals surface area contributed by atoms with Gasteiger partial charge in [-0.25, -0.2) is 9.97 Å². The van der Waals surface area contributed by atoms with Crippen LogP contribution in [0.15, 0.2) is 31.0 Å². The lowest BCUT2D eigenvalue weighted by molar-refractivity contribution is 0.0952. The summed E-state index contributed by atoms with van der Waals surface area (Å²) in [7, 11) is 1.72. The number of anilines is 1. The van der Waals surface area contributed by atoms with Gasteiger partial charge in [0.1, 0.15) is 5.82 Å². The van der Waals surface area contributed by atoms with Gasteiger partial charge in [-0.3, -0.25) is 4.79 Å². The van der Waals surface area contributed by atoms with Gasteiger partial charge >= 0.3 is 0 Å². The highest BCUT2D eigenvalue weighted by atomic mass is 35.5. The maximum absolute atomic E-state index is 11.9. The Bertz CT molecular complexity index is 555. The molecule has 0 atom stereocenters. The molecule has 0 saturated heterocycles. The topological polar surface area (TPSA) is 71.8 Å². The standard InChI is InChI=1S/C12H14ClN5O/c1-14-11-10(13)6-9(7-17-11)12(19)16-3-5-18-4-2-15-8-18/h2,4,6-8H,3,5H2,1H3,(H,14,17)(H,16,19). The van der Waals surface area contributed by atoms with E-state index in [-0.39, 0.29) is 5.91 Å². The second kappa shape index (κ2) is 6.19. The Balaban J connectivity index is 1.91. The maximum Gasteiger partial charge on any atom is 0.252 e. The van der Waals surface area contributed by atoms with Crippen LogP contribution in [-0.2, 0) is 6.54 Å². The first kappa shape index (κ1) is 13.4. The number of nitrogens with one attached hydrogen (secondary N) is 2. The average Bonchev–Trinajstić information content (AvgIpc) is 2.91. The Kier molecular flexibility index (Phi) is 4.35. The van der Waals surface area contributed by atoms with Crippen LogP contribution in [0.2, 0.25) is 5.02 Å². The molecule has 0 saturated carbocycles. The first-order valence-corrected chi connectivity index (χ1v) is 6.15. The second-order valence-corrected chi connectivity index (χ2v) is 4.27. The normalized spacial score (nSPS) is 10.2. The molecule has 0 radical (unpaired) electrons. The molecule has 7 heteroatoms. The minimum absolute atomic E-state index is 0.197. The van der Waals surface area contributed by atoms with Crippen LogP contribution in [0.1, 0.15) is 10.4 Å². The molecule has 1 amide bonds. The minimum Gasteiger partial charge on any atom is -0.372 e. The van der Waals surface area contributed by atoms with Crippen molar-refractivity contribution in [1.29, 1.82) is 0 Å². The first-order chi connectivity index (χ1) is 9.20. The molecule has 6 nitrogen and oxygen atoms in total. The summed E-state index contributed by atoms with van der Waals surface area (Å²) in [5, 5.41) is 6.05. The number of pyridine rings is 1. The number of imidazole rings is 1. The van der Waals surface area contributed by atoms with E-state index in [2.05, 4.69) is 20.6 Å². The third kappa shape index (κ3) is 3.45. The molecule has 100 valence electrons. The van der Waals surface area contributed by atoms with E-state index in [1.807, 2.05) is 10.8 Å². The van der Waals surface area contributed by atoms with Crippen molar-refractivity contribution in [3.05, 3.63) is 41.6 Å². The molecule has 2 aromatic heterocycles. The Morgan fingerprint density at radius 3 is 3.00 bits per heavy atom. The number of hydrogen-bond donors (Lipinski definition) is 2. The molecule has 2 rings (SSSR count). The van der Waals surface area contributed by atoms with Crippen molar-refractivity contribution in [2.75, 3.05) is 18.9 Å². The van der Waals surface area contributed by atoms with Gasteiger partial charge in [0.15, 0.2) is 0 Å². The lowest BCUT2D eigenvalue weighted by Gasteiger charge is -2.07. The van der Waals surface area contributed by atoms with E-state index in [9.17, 15) is 4.79 Å². The fourth-order valence-electron chi connectivity index (χ4n) is 1.57. The van der Waals surface area contributed by atoms with Gasteiger partial charge in [0.05, 0.1) is 16.9 Å². The Hall–Kier alpha value is -2.08. The van der Waals surface area contributed by atoms with Gasteiger partial charge in [0.2, 0.25) is 0 Å². The third-order valence-electron chi connectivity index (χ3n) is 2.55. The number of carbonyl (C=O) groups is 1. The van der Waals surface area contributed by atoms with Gasteiger partial charge in [0.25, 0.3) is 5.91 Å². The molecule has 0 aromatic carbocycles. The van der Waals surface area contributed by atoms with E-state index in [1.54, 1.807) is 25.6 Å². The highest BCUT2D eigenvalue weighted by molar-refractivity contribution is 6.33. The fraction of sp³-hybridized carbons (Fsp3) is 0.250. The molecule has 2 heterocycles. The molecule has 0 aliphatic heterocycles. The molecular formula is C12H14ClN5O. The fourth-order valence-corrected chi connectivity index (χ4v) is 1.83. The van der Waals surface area contributed by atoms with Crippen molar-refractivity contribution in [2.45, 2.75) is 6.54 Å². The van der Waals surface area contributed by atoms with Crippen molar-refractivity contribution in [3.63, 3.8) is 0 Å². The second-order valence-electron chi connectivity index (χ2n) is 3.86. The summed E-state index contributed by atoms with van der Waals surface area (Å²) in [6.45, 7) is 1.18. The van der Waals surface area contributed by atoms with Crippen molar-refractivity contribution < 1.29 is 4.79 Å². The maximum atomic E-state index is 11.9. The molecule has 0 spiro atoms. The van der Waals surface area contributed by atoms with E-state index in [0.29, 0.717) is 29.5 Å². The minimum atomic E-state index is -0.197. The van der Waals surface area contributed by atoms with E-state index >= 15 is 0 Å². The molecule has 0 fully saturated rings. The van der Waals surface area contributed by atoms with Crippen molar-refractivity contribution >= 4 is 23.3 Å². The SMILES string of the molecule is CNc1ncc(C(=O)NCCn2ccnc2)cc1Cl. The van der Waals surface area contributed by atoms with Gasteiger partial charge in [-0.1, -0.05) is 11.6 Å². The summed E-state index contributed by atoms with van der Waals surface area (Å²) < 4.78 is 1.88. The number of rotatable bonds is 5. The predicted molar refractivity (Wildman–Crippen MR) is 73.4 cm³/mol. The van der Waals surface area contributed by atoms with E-state index < -0.39 is 0 Å². The number of halogens is 1. The summed E-state index contributed by atoms with van der Waals surface area (Å²) in [4.78, 5) is 19.9. The first-order valence-electron chi connectivity index (χ1n) is 5.78. The molecule has 2 aromatic rings. The van der Waals surface area contributed by atoms with Crippen LogP contribution < -0.4 is 10.6 Å². The number of hydrogen-bond acceptors (Lipinski definition) is 4. The van der Waals surface area contributed by atoms with Crippen LogP contribution in [0.25, 0.3) is 0 Å². The van der Waals surface area contributed by atoms with Crippen molar-refractivity contribution in [2.24, 2.45) is 0 Å². The van der Waals surface area contributed by atoms with Crippen LogP contribution in [0, 0.1) is 0 Å². The molecule has 2 N–H and O–H groups in total.